The van der Waals surface area contributed by atoms with Crippen LogP contribution in [0.3, 0.4) is 0 Å². The molecule has 3 aliphatic carbocycles. The zero-order chi connectivity index (χ0) is 37.1. The number of likely N-dealkylation sites (tertiary alicyclic amines) is 3. The van der Waals surface area contributed by atoms with Crippen LogP contribution in [0.15, 0.2) is 54.9 Å². The molecule has 5 heterocycles. The SMILES string of the molecule is CC(C)(C)OC(=O)N1CC2(CCC(N3CC4(CCC(N5CCC(n6nc(-c7ccc(OC8C=CC=CC8)cc7)c7c(N)ncnc76)CC5)CC4)C3)CC2)C1. The van der Waals surface area contributed by atoms with Crippen LogP contribution < -0.4 is 10.5 Å². The van der Waals surface area contributed by atoms with Crippen molar-refractivity contribution in [1.82, 2.24) is 34.4 Å². The molecule has 6 aliphatic rings. The lowest BCUT2D eigenvalue weighted by atomic mass is 9.64. The molecule has 9 rings (SSSR count). The van der Waals surface area contributed by atoms with Crippen molar-refractivity contribution in [3.63, 3.8) is 0 Å². The zero-order valence-electron chi connectivity index (χ0n) is 32.5. The van der Waals surface area contributed by atoms with Crippen molar-refractivity contribution in [2.24, 2.45) is 10.8 Å². The third-order valence-corrected chi connectivity index (χ3v) is 13.6. The number of fused-ring (bicyclic) bond motifs is 1. The summed E-state index contributed by atoms with van der Waals surface area (Å²) in [6, 6.07) is 9.87. The number of aromatic nitrogens is 4. The van der Waals surface area contributed by atoms with Gasteiger partial charge in [-0.05, 0) is 121 Å². The molecule has 11 heteroatoms. The van der Waals surface area contributed by atoms with E-state index < -0.39 is 5.60 Å². The van der Waals surface area contributed by atoms with Crippen molar-refractivity contribution in [1.29, 1.82) is 0 Å². The summed E-state index contributed by atoms with van der Waals surface area (Å²) in [5.74, 6) is 1.32. The van der Waals surface area contributed by atoms with Crippen molar-refractivity contribution in [2.45, 2.75) is 121 Å². The molecular formula is C43H58N8O3. The lowest BCUT2D eigenvalue weighted by Gasteiger charge is -2.60. The van der Waals surface area contributed by atoms with Crippen molar-refractivity contribution < 1.29 is 14.3 Å². The van der Waals surface area contributed by atoms with Gasteiger partial charge in [-0.15, -0.1) is 0 Å². The van der Waals surface area contributed by atoms with Gasteiger partial charge < -0.3 is 25.0 Å². The molecule has 11 nitrogen and oxygen atoms in total. The number of anilines is 1. The van der Waals surface area contributed by atoms with Gasteiger partial charge in [0.15, 0.2) is 5.65 Å². The summed E-state index contributed by atoms with van der Waals surface area (Å²) >= 11 is 0. The number of carbonyl (C=O) groups excluding carboxylic acids is 1. The normalized spacial score (nSPS) is 25.2. The number of nitrogen functional groups attached to an aromatic ring is 1. The van der Waals surface area contributed by atoms with Crippen molar-refractivity contribution in [3.05, 3.63) is 54.9 Å². The molecule has 2 N–H and O–H groups in total. The predicted molar refractivity (Wildman–Crippen MR) is 211 cm³/mol. The van der Waals surface area contributed by atoms with Crippen LogP contribution in [0.1, 0.15) is 97.4 Å². The third kappa shape index (κ3) is 7.02. The quantitative estimate of drug-likeness (QED) is 0.277. The summed E-state index contributed by atoms with van der Waals surface area (Å²) in [7, 11) is 0. The van der Waals surface area contributed by atoms with Gasteiger partial charge in [-0.25, -0.2) is 19.4 Å². The molecule has 0 bridgehead atoms. The standard InChI is InChI=1S/C43H58N8O3/c1-41(2,3)54-40(52)50-27-43(28-50)21-15-32(16-22-43)49-25-42(26-49)19-13-31(14-20-42)48-23-17-33(18-24-48)51-39-36(38(44)45-29-46-39)37(47-51)30-9-11-35(12-10-30)53-34-7-5-4-6-8-34/h4-7,9-12,29,31-34H,8,13-28H2,1-3H3,(H2,44,45,46). The summed E-state index contributed by atoms with van der Waals surface area (Å²) in [5, 5.41) is 6.01. The molecular weight excluding hydrogens is 677 g/mol. The van der Waals surface area contributed by atoms with Crippen LogP contribution in [0.25, 0.3) is 22.3 Å². The summed E-state index contributed by atoms with van der Waals surface area (Å²) in [6.07, 6.45) is 23.2. The first-order valence-corrected chi connectivity index (χ1v) is 20.6. The monoisotopic (exact) mass is 734 g/mol. The van der Waals surface area contributed by atoms with E-state index in [1.807, 2.05) is 43.9 Å². The van der Waals surface area contributed by atoms with Gasteiger partial charge in [0.05, 0.1) is 11.4 Å². The van der Waals surface area contributed by atoms with Crippen LogP contribution in [0.4, 0.5) is 10.6 Å². The van der Waals surface area contributed by atoms with E-state index in [4.69, 9.17) is 25.3 Å². The topological polar surface area (TPSA) is 115 Å². The van der Waals surface area contributed by atoms with Crippen molar-refractivity contribution in [2.75, 3.05) is 45.0 Å². The van der Waals surface area contributed by atoms with Gasteiger partial charge in [0.25, 0.3) is 0 Å². The molecule has 1 atom stereocenters. The largest absolute Gasteiger partial charge is 0.486 e. The number of piperidine rings is 1. The minimum atomic E-state index is -0.426. The Morgan fingerprint density at radius 2 is 1.46 bits per heavy atom. The number of ether oxygens (including phenoxy) is 2. The molecule has 1 unspecified atom stereocenters. The van der Waals surface area contributed by atoms with E-state index in [2.05, 4.69) is 49.8 Å². The van der Waals surface area contributed by atoms with E-state index >= 15 is 0 Å². The molecule has 3 aliphatic heterocycles. The van der Waals surface area contributed by atoms with E-state index in [9.17, 15) is 4.79 Å². The van der Waals surface area contributed by atoms with Crippen LogP contribution in [0, 0.1) is 10.8 Å². The van der Waals surface area contributed by atoms with Gasteiger partial charge in [0, 0.05) is 68.8 Å². The Bertz CT molecular complexity index is 1870. The smallest absolute Gasteiger partial charge is 0.410 e. The molecule has 3 saturated heterocycles. The molecule has 288 valence electrons. The second-order valence-corrected chi connectivity index (χ2v) is 18.5. The van der Waals surface area contributed by atoms with Crippen LogP contribution in [0.5, 0.6) is 5.75 Å². The molecule has 1 amide bonds. The van der Waals surface area contributed by atoms with E-state index in [1.165, 1.54) is 64.5 Å². The van der Waals surface area contributed by atoms with Crippen LogP contribution in [-0.4, -0.2) is 104 Å². The number of nitrogens with two attached hydrogens (primary N) is 1. The van der Waals surface area contributed by atoms with Gasteiger partial charge in [-0.3, -0.25) is 4.90 Å². The lowest BCUT2D eigenvalue weighted by Crippen LogP contribution is -2.65. The maximum Gasteiger partial charge on any atom is 0.410 e. The fourth-order valence-electron chi connectivity index (χ4n) is 10.5. The number of nitrogens with zero attached hydrogens (tertiary/aromatic N) is 7. The maximum atomic E-state index is 12.5. The number of benzene rings is 1. The first-order valence-electron chi connectivity index (χ1n) is 20.6. The van der Waals surface area contributed by atoms with E-state index in [0.29, 0.717) is 22.7 Å². The fraction of sp³-hybridized carbons (Fsp3) is 0.628. The van der Waals surface area contributed by atoms with Gasteiger partial charge >= 0.3 is 6.09 Å². The highest BCUT2D eigenvalue weighted by Gasteiger charge is 2.52. The Morgan fingerprint density at radius 1 is 0.815 bits per heavy atom. The van der Waals surface area contributed by atoms with Crippen LogP contribution >= 0.6 is 0 Å². The lowest BCUT2D eigenvalue weighted by molar-refractivity contribution is -0.0999. The van der Waals surface area contributed by atoms with Gasteiger partial charge in [-0.2, -0.15) is 5.10 Å². The molecule has 2 aromatic heterocycles. The first-order chi connectivity index (χ1) is 26.0. The Kier molecular flexibility index (Phi) is 9.24. The Hall–Kier alpha value is -3.96. The van der Waals surface area contributed by atoms with Crippen molar-refractivity contribution >= 4 is 22.9 Å². The molecule has 0 radical (unpaired) electrons. The summed E-state index contributed by atoms with van der Waals surface area (Å²) < 4.78 is 13.9. The Balaban J connectivity index is 0.752. The minimum absolute atomic E-state index is 0.0597. The molecule has 54 heavy (non-hydrogen) atoms. The van der Waals surface area contributed by atoms with E-state index in [1.54, 1.807) is 6.33 Å². The third-order valence-electron chi connectivity index (χ3n) is 13.6. The number of carbonyl (C=O) groups is 1. The molecule has 2 spiro atoms. The number of amides is 1. The molecule has 3 aromatic rings. The second kappa shape index (κ2) is 14.0. The Labute approximate surface area is 319 Å². The van der Waals surface area contributed by atoms with Crippen LogP contribution in [-0.2, 0) is 4.74 Å². The predicted octanol–water partition coefficient (Wildman–Crippen LogP) is 7.40. The minimum Gasteiger partial charge on any atom is -0.486 e. The highest BCUT2D eigenvalue weighted by atomic mass is 16.6. The highest BCUT2D eigenvalue weighted by molar-refractivity contribution is 5.98. The summed E-state index contributed by atoms with van der Waals surface area (Å²) in [5.41, 5.74) is 9.58. The number of hydrogen-bond donors (Lipinski definition) is 1. The maximum absolute atomic E-state index is 12.5. The summed E-state index contributed by atoms with van der Waals surface area (Å²) in [6.45, 7) is 12.3. The fourth-order valence-corrected chi connectivity index (χ4v) is 10.5. The van der Waals surface area contributed by atoms with Crippen LogP contribution in [0.2, 0.25) is 0 Å². The first kappa shape index (κ1) is 35.7. The summed E-state index contributed by atoms with van der Waals surface area (Å²) in [4.78, 5) is 29.0. The number of rotatable bonds is 6. The van der Waals surface area contributed by atoms with Gasteiger partial charge in [0.2, 0.25) is 0 Å². The molecule has 5 fully saturated rings. The number of allylic oxidation sites excluding steroid dienone is 2. The zero-order valence-corrected chi connectivity index (χ0v) is 32.5. The highest BCUT2D eigenvalue weighted by Crippen LogP contribution is 2.50. The molecule has 2 saturated carbocycles. The average molecular weight is 735 g/mol. The van der Waals surface area contributed by atoms with Gasteiger partial charge in [0.1, 0.15) is 35.3 Å². The van der Waals surface area contributed by atoms with E-state index in [0.717, 1.165) is 79.5 Å². The second-order valence-electron chi connectivity index (χ2n) is 18.5. The average Bonchev–Trinajstić information content (AvgIpc) is 3.54. The van der Waals surface area contributed by atoms with Gasteiger partial charge in [-0.1, -0.05) is 18.2 Å². The Morgan fingerprint density at radius 3 is 2.09 bits per heavy atom. The molecule has 1 aromatic carbocycles. The van der Waals surface area contributed by atoms with E-state index in [-0.39, 0.29) is 18.2 Å². The number of hydrogen-bond acceptors (Lipinski definition) is 9. The van der Waals surface area contributed by atoms with Crippen molar-refractivity contribution in [3.8, 4) is 17.0 Å².